The van der Waals surface area contributed by atoms with Crippen LogP contribution in [-0.2, 0) is 13.0 Å². The minimum absolute atomic E-state index is 0.752. The van der Waals surface area contributed by atoms with Crippen LogP contribution in [0.15, 0.2) is 9.37 Å². The van der Waals surface area contributed by atoms with Crippen LogP contribution < -0.4 is 5.73 Å². The van der Waals surface area contributed by atoms with E-state index < -0.39 is 0 Å². The Balaban J connectivity index is 2.26. The van der Waals surface area contributed by atoms with Gasteiger partial charge in [0.1, 0.15) is 10.9 Å². The summed E-state index contributed by atoms with van der Waals surface area (Å²) in [6.07, 6.45) is 1.89. The molecular formula is C11H17N5S2. The number of aromatic nitrogens is 4. The SMILES string of the molecule is CCCn1nc(C)c(N)c1Sc1nc(CC)ns1. The summed E-state index contributed by atoms with van der Waals surface area (Å²) in [7, 11) is 0. The van der Waals surface area contributed by atoms with E-state index in [2.05, 4.69) is 28.3 Å². The number of nitrogen functional groups attached to an aromatic ring is 1. The van der Waals surface area contributed by atoms with Crippen molar-refractivity contribution in [1.82, 2.24) is 19.1 Å². The molecule has 2 rings (SSSR count). The van der Waals surface area contributed by atoms with Gasteiger partial charge in [0.15, 0.2) is 4.34 Å². The maximum atomic E-state index is 6.07. The van der Waals surface area contributed by atoms with Gasteiger partial charge in [0.05, 0.1) is 11.4 Å². The number of nitrogens with zero attached hydrogens (tertiary/aromatic N) is 4. The molecule has 2 aromatic heterocycles. The molecule has 2 heterocycles. The summed E-state index contributed by atoms with van der Waals surface area (Å²) < 4.78 is 7.17. The van der Waals surface area contributed by atoms with Crippen LogP contribution in [0.4, 0.5) is 5.69 Å². The lowest BCUT2D eigenvalue weighted by Gasteiger charge is -2.03. The number of rotatable bonds is 5. The van der Waals surface area contributed by atoms with Gasteiger partial charge in [0.2, 0.25) is 0 Å². The molecule has 0 atom stereocenters. The van der Waals surface area contributed by atoms with Gasteiger partial charge in [-0.1, -0.05) is 13.8 Å². The quantitative estimate of drug-likeness (QED) is 0.913. The molecule has 2 N–H and O–H groups in total. The molecular weight excluding hydrogens is 266 g/mol. The van der Waals surface area contributed by atoms with E-state index in [1.54, 1.807) is 11.8 Å². The lowest BCUT2D eigenvalue weighted by atomic mass is 10.4. The minimum atomic E-state index is 0.752. The van der Waals surface area contributed by atoms with Gasteiger partial charge in [-0.2, -0.15) is 9.47 Å². The van der Waals surface area contributed by atoms with Crippen molar-refractivity contribution in [3.63, 3.8) is 0 Å². The Labute approximate surface area is 115 Å². The Morgan fingerprint density at radius 3 is 2.78 bits per heavy atom. The van der Waals surface area contributed by atoms with E-state index in [9.17, 15) is 0 Å². The van der Waals surface area contributed by atoms with E-state index in [1.165, 1.54) is 11.5 Å². The zero-order valence-electron chi connectivity index (χ0n) is 10.8. The second-order valence-corrected chi connectivity index (χ2v) is 5.95. The second-order valence-electron chi connectivity index (χ2n) is 3.96. The topological polar surface area (TPSA) is 69.6 Å². The van der Waals surface area contributed by atoms with Crippen LogP contribution in [0.5, 0.6) is 0 Å². The van der Waals surface area contributed by atoms with Crippen LogP contribution in [-0.4, -0.2) is 19.1 Å². The van der Waals surface area contributed by atoms with E-state index in [0.717, 1.165) is 46.0 Å². The normalized spacial score (nSPS) is 11.1. The van der Waals surface area contributed by atoms with Crippen molar-refractivity contribution in [2.24, 2.45) is 0 Å². The van der Waals surface area contributed by atoms with Gasteiger partial charge in [-0.3, -0.25) is 4.68 Å². The summed E-state index contributed by atoms with van der Waals surface area (Å²) in [6, 6.07) is 0. The third kappa shape index (κ3) is 2.67. The molecule has 98 valence electrons. The summed E-state index contributed by atoms with van der Waals surface area (Å²) in [4.78, 5) is 4.45. The Kier molecular flexibility index (Phi) is 4.23. The first-order valence-electron chi connectivity index (χ1n) is 5.99. The molecule has 0 fully saturated rings. The first-order chi connectivity index (χ1) is 8.65. The van der Waals surface area contributed by atoms with Crippen molar-refractivity contribution in [3.05, 3.63) is 11.5 Å². The molecule has 0 aliphatic carbocycles. The third-order valence-corrected chi connectivity index (χ3v) is 4.42. The average Bonchev–Trinajstić information content (AvgIpc) is 2.91. The fraction of sp³-hybridized carbons (Fsp3) is 0.545. The molecule has 0 aliphatic rings. The molecule has 0 aliphatic heterocycles. The third-order valence-electron chi connectivity index (χ3n) is 2.51. The predicted molar refractivity (Wildman–Crippen MR) is 75.1 cm³/mol. The molecule has 7 heteroatoms. The highest BCUT2D eigenvalue weighted by molar-refractivity contribution is 8.01. The Morgan fingerprint density at radius 1 is 1.39 bits per heavy atom. The van der Waals surface area contributed by atoms with Crippen LogP contribution >= 0.6 is 23.3 Å². The highest BCUT2D eigenvalue weighted by atomic mass is 32.2. The average molecular weight is 283 g/mol. The Bertz CT molecular complexity index is 532. The Morgan fingerprint density at radius 2 is 2.17 bits per heavy atom. The predicted octanol–water partition coefficient (Wildman–Crippen LogP) is 2.75. The van der Waals surface area contributed by atoms with E-state index >= 15 is 0 Å². The molecule has 0 saturated heterocycles. The summed E-state index contributed by atoms with van der Waals surface area (Å²) in [5, 5.41) is 5.43. The highest BCUT2D eigenvalue weighted by Crippen LogP contribution is 2.34. The van der Waals surface area contributed by atoms with Crippen molar-refractivity contribution in [2.45, 2.75) is 49.5 Å². The molecule has 0 spiro atoms. The summed E-state index contributed by atoms with van der Waals surface area (Å²) in [5.41, 5.74) is 7.71. The molecule has 18 heavy (non-hydrogen) atoms. The van der Waals surface area contributed by atoms with Gasteiger partial charge in [0.25, 0.3) is 0 Å². The molecule has 5 nitrogen and oxygen atoms in total. The molecule has 0 unspecified atom stereocenters. The van der Waals surface area contributed by atoms with Crippen molar-refractivity contribution in [3.8, 4) is 0 Å². The van der Waals surface area contributed by atoms with E-state index in [4.69, 9.17) is 5.73 Å². The van der Waals surface area contributed by atoms with Gasteiger partial charge in [0, 0.05) is 13.0 Å². The fourth-order valence-electron chi connectivity index (χ4n) is 1.55. The van der Waals surface area contributed by atoms with Crippen molar-refractivity contribution < 1.29 is 0 Å². The van der Waals surface area contributed by atoms with Gasteiger partial charge < -0.3 is 5.73 Å². The Hall–Kier alpha value is -1.08. The summed E-state index contributed by atoms with van der Waals surface area (Å²) in [6.45, 7) is 6.99. The number of aryl methyl sites for hydroxylation is 3. The zero-order valence-corrected chi connectivity index (χ0v) is 12.4. The number of anilines is 1. The second kappa shape index (κ2) is 5.71. The molecule has 2 aromatic rings. The van der Waals surface area contributed by atoms with Crippen LogP contribution in [0.2, 0.25) is 0 Å². The number of hydrogen-bond donors (Lipinski definition) is 1. The lowest BCUT2D eigenvalue weighted by Crippen LogP contribution is -2.01. The van der Waals surface area contributed by atoms with Crippen molar-refractivity contribution in [1.29, 1.82) is 0 Å². The maximum Gasteiger partial charge on any atom is 0.176 e. The van der Waals surface area contributed by atoms with Crippen molar-refractivity contribution >= 4 is 29.0 Å². The van der Waals surface area contributed by atoms with Gasteiger partial charge in [-0.25, -0.2) is 4.98 Å². The fourth-order valence-corrected chi connectivity index (χ4v) is 3.36. The first-order valence-corrected chi connectivity index (χ1v) is 7.58. The first kappa shape index (κ1) is 13.4. The standard InChI is InChI=1S/C11H17N5S2/c1-4-6-16-10(9(12)7(3)14-16)17-11-13-8(5-2)15-18-11/h4-6,12H2,1-3H3. The lowest BCUT2D eigenvalue weighted by molar-refractivity contribution is 0.556. The summed E-state index contributed by atoms with van der Waals surface area (Å²) >= 11 is 2.98. The van der Waals surface area contributed by atoms with Crippen LogP contribution in [0.1, 0.15) is 31.8 Å². The highest BCUT2D eigenvalue weighted by Gasteiger charge is 2.15. The van der Waals surface area contributed by atoms with Gasteiger partial charge in [-0.15, -0.1) is 0 Å². The molecule has 0 aromatic carbocycles. The van der Waals surface area contributed by atoms with E-state index in [-0.39, 0.29) is 0 Å². The maximum absolute atomic E-state index is 6.07. The number of nitrogens with two attached hydrogens (primary N) is 1. The molecule has 0 saturated carbocycles. The molecule has 0 amide bonds. The van der Waals surface area contributed by atoms with E-state index in [1.807, 2.05) is 11.6 Å². The van der Waals surface area contributed by atoms with E-state index in [0.29, 0.717) is 0 Å². The van der Waals surface area contributed by atoms with Gasteiger partial charge in [-0.05, 0) is 36.6 Å². The molecule has 0 radical (unpaired) electrons. The summed E-state index contributed by atoms with van der Waals surface area (Å²) in [5.74, 6) is 0.888. The monoisotopic (exact) mass is 283 g/mol. The van der Waals surface area contributed by atoms with Gasteiger partial charge >= 0.3 is 0 Å². The van der Waals surface area contributed by atoms with Crippen LogP contribution in [0, 0.1) is 6.92 Å². The zero-order chi connectivity index (χ0) is 13.1. The van der Waals surface area contributed by atoms with Crippen molar-refractivity contribution in [2.75, 3.05) is 5.73 Å². The minimum Gasteiger partial charge on any atom is -0.395 e. The van der Waals surface area contributed by atoms with Crippen LogP contribution in [0.25, 0.3) is 0 Å². The smallest absolute Gasteiger partial charge is 0.176 e. The number of hydrogen-bond acceptors (Lipinski definition) is 6. The van der Waals surface area contributed by atoms with Crippen LogP contribution in [0.3, 0.4) is 0 Å². The molecule has 0 bridgehead atoms. The largest absolute Gasteiger partial charge is 0.395 e.